The molecule has 1 fully saturated rings. The van der Waals surface area contributed by atoms with E-state index in [1.807, 2.05) is 0 Å². The second-order valence-electron chi connectivity index (χ2n) is 4.67. The molecule has 94 valence electrons. The number of halogens is 1. The summed E-state index contributed by atoms with van der Waals surface area (Å²) < 4.78 is 0. The fourth-order valence-corrected chi connectivity index (χ4v) is 2.79. The molecule has 0 aromatic heterocycles. The van der Waals surface area contributed by atoms with Crippen LogP contribution in [0.15, 0.2) is 18.2 Å². The highest BCUT2D eigenvalue weighted by molar-refractivity contribution is 6.32. The minimum absolute atomic E-state index is 0.0371. The molecule has 3 rings (SSSR count). The van der Waals surface area contributed by atoms with Gasteiger partial charge < -0.3 is 5.32 Å². The highest BCUT2D eigenvalue weighted by Crippen LogP contribution is 2.28. The lowest BCUT2D eigenvalue weighted by Gasteiger charge is -2.29. The van der Waals surface area contributed by atoms with Gasteiger partial charge >= 0.3 is 0 Å². The van der Waals surface area contributed by atoms with Gasteiger partial charge in [-0.2, -0.15) is 0 Å². The van der Waals surface area contributed by atoms with Gasteiger partial charge in [0.05, 0.1) is 17.2 Å². The van der Waals surface area contributed by atoms with E-state index in [2.05, 4.69) is 5.32 Å². The lowest BCUT2D eigenvalue weighted by Crippen LogP contribution is -2.48. The molecule has 5 heteroatoms. The van der Waals surface area contributed by atoms with Crippen molar-refractivity contribution in [3.63, 3.8) is 0 Å². The monoisotopic (exact) mass is 264 g/mol. The Morgan fingerprint density at radius 2 is 2.00 bits per heavy atom. The van der Waals surface area contributed by atoms with Crippen molar-refractivity contribution >= 4 is 23.4 Å². The van der Waals surface area contributed by atoms with E-state index in [9.17, 15) is 9.59 Å². The summed E-state index contributed by atoms with van der Waals surface area (Å²) in [5, 5.41) is 3.70. The lowest BCUT2D eigenvalue weighted by atomic mass is 10.1. The molecule has 1 aromatic rings. The fraction of sp³-hybridized carbons (Fsp3) is 0.385. The van der Waals surface area contributed by atoms with Gasteiger partial charge in [0.2, 0.25) is 0 Å². The van der Waals surface area contributed by atoms with Crippen molar-refractivity contribution in [3.8, 4) is 0 Å². The minimum atomic E-state index is -0.216. The van der Waals surface area contributed by atoms with Crippen LogP contribution in [0.5, 0.6) is 0 Å². The van der Waals surface area contributed by atoms with Crippen LogP contribution >= 0.6 is 11.6 Å². The molecule has 0 aliphatic carbocycles. The van der Waals surface area contributed by atoms with Crippen LogP contribution in [0.1, 0.15) is 33.6 Å². The maximum Gasteiger partial charge on any atom is 0.261 e. The topological polar surface area (TPSA) is 49.4 Å². The molecule has 1 aromatic carbocycles. The predicted octanol–water partition coefficient (Wildman–Crippen LogP) is 1.69. The van der Waals surface area contributed by atoms with E-state index in [0.29, 0.717) is 22.7 Å². The van der Waals surface area contributed by atoms with Gasteiger partial charge in [0.1, 0.15) is 0 Å². The molecular formula is C13H13ClN2O2. The molecule has 1 atom stereocenters. The van der Waals surface area contributed by atoms with Crippen molar-refractivity contribution in [3.05, 3.63) is 34.3 Å². The van der Waals surface area contributed by atoms with Crippen LogP contribution in [-0.4, -0.2) is 35.8 Å². The Kier molecular flexibility index (Phi) is 2.84. The lowest BCUT2D eigenvalue weighted by molar-refractivity contribution is 0.0561. The van der Waals surface area contributed by atoms with Gasteiger partial charge in [-0.1, -0.05) is 11.6 Å². The number of imide groups is 1. The number of hydrogen-bond donors (Lipinski definition) is 1. The Morgan fingerprint density at radius 3 is 2.72 bits per heavy atom. The molecule has 2 heterocycles. The van der Waals surface area contributed by atoms with Gasteiger partial charge in [0.15, 0.2) is 0 Å². The Morgan fingerprint density at radius 1 is 1.22 bits per heavy atom. The zero-order valence-corrected chi connectivity index (χ0v) is 10.5. The summed E-state index contributed by atoms with van der Waals surface area (Å²) in [5.74, 6) is -0.411. The highest BCUT2D eigenvalue weighted by Gasteiger charge is 2.40. The molecule has 2 amide bonds. The number of carbonyl (C=O) groups excluding carboxylic acids is 2. The number of hydrogen-bond acceptors (Lipinski definition) is 3. The van der Waals surface area contributed by atoms with Gasteiger partial charge in [-0.15, -0.1) is 0 Å². The van der Waals surface area contributed by atoms with Gasteiger partial charge in [-0.25, -0.2) is 0 Å². The van der Waals surface area contributed by atoms with E-state index in [4.69, 9.17) is 11.6 Å². The van der Waals surface area contributed by atoms with E-state index in [-0.39, 0.29) is 17.9 Å². The van der Waals surface area contributed by atoms with Gasteiger partial charge in [0, 0.05) is 11.6 Å². The van der Waals surface area contributed by atoms with Crippen LogP contribution in [0.3, 0.4) is 0 Å². The van der Waals surface area contributed by atoms with Crippen molar-refractivity contribution in [1.29, 1.82) is 0 Å². The quantitative estimate of drug-likeness (QED) is 0.786. The van der Waals surface area contributed by atoms with Gasteiger partial charge in [0.25, 0.3) is 11.8 Å². The van der Waals surface area contributed by atoms with E-state index in [1.165, 1.54) is 4.90 Å². The van der Waals surface area contributed by atoms with Crippen LogP contribution in [0.25, 0.3) is 0 Å². The van der Waals surface area contributed by atoms with Crippen LogP contribution in [-0.2, 0) is 0 Å². The van der Waals surface area contributed by atoms with Crippen LogP contribution in [0.4, 0.5) is 0 Å². The molecule has 0 radical (unpaired) electrons. The van der Waals surface area contributed by atoms with Crippen molar-refractivity contribution < 1.29 is 9.59 Å². The number of carbonyl (C=O) groups is 2. The van der Waals surface area contributed by atoms with Gasteiger partial charge in [-0.05, 0) is 37.6 Å². The number of rotatable bonds is 1. The van der Waals surface area contributed by atoms with Crippen LogP contribution < -0.4 is 5.32 Å². The Balaban J connectivity index is 1.96. The summed E-state index contributed by atoms with van der Waals surface area (Å²) in [4.78, 5) is 25.9. The molecule has 0 saturated carbocycles. The third-order valence-electron chi connectivity index (χ3n) is 3.52. The molecule has 1 N–H and O–H groups in total. The molecule has 2 aliphatic rings. The SMILES string of the molecule is O=C1c2ccc(Cl)cc2C(=O)N1C1CCCNC1. The summed E-state index contributed by atoms with van der Waals surface area (Å²) in [7, 11) is 0. The first kappa shape index (κ1) is 11.7. The molecule has 0 bridgehead atoms. The average Bonchev–Trinajstić information content (AvgIpc) is 2.63. The molecule has 1 unspecified atom stereocenters. The number of benzene rings is 1. The number of piperidine rings is 1. The summed E-state index contributed by atoms with van der Waals surface area (Å²) in [6.07, 6.45) is 1.85. The molecular weight excluding hydrogens is 252 g/mol. The summed E-state index contributed by atoms with van der Waals surface area (Å²) in [6.45, 7) is 1.63. The standard InChI is InChI=1S/C13H13ClN2O2/c14-8-3-4-10-11(6-8)13(18)16(12(10)17)9-2-1-5-15-7-9/h3-4,6,9,15H,1-2,5,7H2. The van der Waals surface area contributed by atoms with E-state index >= 15 is 0 Å². The zero-order valence-electron chi connectivity index (χ0n) is 9.78. The van der Waals surface area contributed by atoms with E-state index < -0.39 is 0 Å². The first-order chi connectivity index (χ1) is 8.68. The molecule has 4 nitrogen and oxygen atoms in total. The first-order valence-electron chi connectivity index (χ1n) is 6.06. The van der Waals surface area contributed by atoms with Crippen molar-refractivity contribution in [2.75, 3.05) is 13.1 Å². The Labute approximate surface area is 110 Å². The van der Waals surface area contributed by atoms with E-state index in [0.717, 1.165) is 19.4 Å². The molecule has 0 spiro atoms. The second kappa shape index (κ2) is 4.37. The minimum Gasteiger partial charge on any atom is -0.315 e. The zero-order chi connectivity index (χ0) is 12.7. The number of nitrogens with zero attached hydrogens (tertiary/aromatic N) is 1. The fourth-order valence-electron chi connectivity index (χ4n) is 2.62. The van der Waals surface area contributed by atoms with Crippen molar-refractivity contribution in [1.82, 2.24) is 10.2 Å². The molecule has 2 aliphatic heterocycles. The average molecular weight is 265 g/mol. The van der Waals surface area contributed by atoms with Crippen molar-refractivity contribution in [2.45, 2.75) is 18.9 Å². The molecule has 1 saturated heterocycles. The third kappa shape index (κ3) is 1.72. The largest absolute Gasteiger partial charge is 0.315 e. The summed E-state index contributed by atoms with van der Waals surface area (Å²) >= 11 is 5.88. The van der Waals surface area contributed by atoms with Crippen molar-refractivity contribution in [2.24, 2.45) is 0 Å². The third-order valence-corrected chi connectivity index (χ3v) is 3.75. The Bertz CT molecular complexity index is 524. The Hall–Kier alpha value is -1.39. The highest BCUT2D eigenvalue weighted by atomic mass is 35.5. The maximum atomic E-state index is 12.3. The summed E-state index contributed by atoms with van der Waals surface area (Å²) in [5.41, 5.74) is 0.896. The first-order valence-corrected chi connectivity index (χ1v) is 6.44. The predicted molar refractivity (Wildman–Crippen MR) is 67.8 cm³/mol. The summed E-state index contributed by atoms with van der Waals surface area (Å²) in [6, 6.07) is 4.82. The molecule has 18 heavy (non-hydrogen) atoms. The smallest absolute Gasteiger partial charge is 0.261 e. The number of nitrogens with one attached hydrogen (secondary N) is 1. The normalized spacial score (nSPS) is 23.4. The number of amides is 2. The second-order valence-corrected chi connectivity index (χ2v) is 5.11. The number of fused-ring (bicyclic) bond motifs is 1. The maximum absolute atomic E-state index is 12.3. The van der Waals surface area contributed by atoms with Crippen LogP contribution in [0.2, 0.25) is 5.02 Å². The van der Waals surface area contributed by atoms with Gasteiger partial charge in [-0.3, -0.25) is 14.5 Å². The van der Waals surface area contributed by atoms with E-state index in [1.54, 1.807) is 18.2 Å². The van der Waals surface area contributed by atoms with Crippen LogP contribution in [0, 0.1) is 0 Å².